The lowest BCUT2D eigenvalue weighted by Gasteiger charge is -2.31. The van der Waals surface area contributed by atoms with Crippen LogP contribution in [0.25, 0.3) is 0 Å². The van der Waals surface area contributed by atoms with Gasteiger partial charge in [0.25, 0.3) is 0 Å². The molecule has 2 aliphatic rings. The predicted octanol–water partition coefficient (Wildman–Crippen LogP) is 1.93. The molecule has 1 atom stereocenters. The molecule has 1 saturated heterocycles. The second-order valence-electron chi connectivity index (χ2n) is 5.31. The molecule has 0 aromatic carbocycles. The summed E-state index contributed by atoms with van der Waals surface area (Å²) < 4.78 is 0. The third-order valence-electron chi connectivity index (χ3n) is 4.04. The molecule has 0 radical (unpaired) electrons. The quantitative estimate of drug-likeness (QED) is 0.720. The summed E-state index contributed by atoms with van der Waals surface area (Å²) in [6.07, 6.45) is 7.78. The minimum Gasteiger partial charge on any atom is -0.395 e. The highest BCUT2D eigenvalue weighted by Gasteiger charge is 2.43. The zero-order valence-corrected chi connectivity index (χ0v) is 10.4. The van der Waals surface area contributed by atoms with Crippen molar-refractivity contribution in [1.29, 1.82) is 0 Å². The van der Waals surface area contributed by atoms with Crippen molar-refractivity contribution < 1.29 is 5.11 Å². The standard InChI is InChI=1S/C12H23NOS/c14-8-11-4-2-1-3-7-13(11)9-12(10-15)5-6-12/h11,14-15H,1-10H2. The summed E-state index contributed by atoms with van der Waals surface area (Å²) in [5, 5.41) is 9.42. The van der Waals surface area contributed by atoms with E-state index in [1.807, 2.05) is 0 Å². The maximum atomic E-state index is 9.42. The summed E-state index contributed by atoms with van der Waals surface area (Å²) in [4.78, 5) is 2.52. The van der Waals surface area contributed by atoms with Gasteiger partial charge in [-0.15, -0.1) is 0 Å². The minimum atomic E-state index is 0.336. The Balaban J connectivity index is 1.91. The number of hydrogen-bond donors (Lipinski definition) is 2. The van der Waals surface area contributed by atoms with E-state index in [1.54, 1.807) is 0 Å². The van der Waals surface area contributed by atoms with E-state index in [-0.39, 0.29) is 0 Å². The zero-order valence-electron chi connectivity index (χ0n) is 9.49. The first kappa shape index (κ1) is 11.7. The number of nitrogens with zero attached hydrogens (tertiary/aromatic N) is 1. The number of rotatable bonds is 4. The fourth-order valence-corrected chi connectivity index (χ4v) is 3.04. The van der Waals surface area contributed by atoms with E-state index in [9.17, 15) is 5.11 Å². The van der Waals surface area contributed by atoms with E-state index in [2.05, 4.69) is 17.5 Å². The molecule has 0 aromatic heterocycles. The van der Waals surface area contributed by atoms with E-state index in [4.69, 9.17) is 0 Å². The number of aliphatic hydroxyl groups is 1. The maximum Gasteiger partial charge on any atom is 0.0586 e. The Kier molecular flexibility index (Phi) is 3.97. The first-order valence-electron chi connectivity index (χ1n) is 6.25. The molecular formula is C12H23NOS. The highest BCUT2D eigenvalue weighted by atomic mass is 32.1. The first-order chi connectivity index (χ1) is 7.29. The maximum absolute atomic E-state index is 9.42. The second kappa shape index (κ2) is 5.07. The summed E-state index contributed by atoms with van der Waals surface area (Å²) in [5.74, 6) is 1.02. The molecule has 1 heterocycles. The molecule has 2 rings (SSSR count). The molecule has 3 heteroatoms. The molecule has 1 aliphatic carbocycles. The van der Waals surface area contributed by atoms with Crippen molar-refractivity contribution in [3.63, 3.8) is 0 Å². The molecule has 1 N–H and O–H groups in total. The van der Waals surface area contributed by atoms with E-state index in [1.165, 1.54) is 51.6 Å². The van der Waals surface area contributed by atoms with Gasteiger partial charge in [0.1, 0.15) is 0 Å². The Bertz CT molecular complexity index is 206. The van der Waals surface area contributed by atoms with Crippen LogP contribution in [0.3, 0.4) is 0 Å². The number of thiol groups is 1. The van der Waals surface area contributed by atoms with Gasteiger partial charge >= 0.3 is 0 Å². The molecule has 88 valence electrons. The van der Waals surface area contributed by atoms with E-state index in [0.717, 1.165) is 5.75 Å². The molecule has 2 fully saturated rings. The molecule has 0 spiro atoms. The van der Waals surface area contributed by atoms with Gasteiger partial charge in [-0.05, 0) is 43.4 Å². The van der Waals surface area contributed by atoms with Crippen molar-refractivity contribution >= 4 is 12.6 Å². The Labute approximate surface area is 98.5 Å². The van der Waals surface area contributed by atoms with Crippen molar-refractivity contribution in [2.24, 2.45) is 5.41 Å². The monoisotopic (exact) mass is 229 g/mol. The summed E-state index contributed by atoms with van der Waals surface area (Å²) in [5.41, 5.74) is 0.501. The Morgan fingerprint density at radius 3 is 2.67 bits per heavy atom. The predicted molar refractivity (Wildman–Crippen MR) is 66.4 cm³/mol. The molecule has 0 bridgehead atoms. The largest absolute Gasteiger partial charge is 0.395 e. The number of likely N-dealkylation sites (tertiary alicyclic amines) is 1. The van der Waals surface area contributed by atoms with Gasteiger partial charge in [-0.3, -0.25) is 4.90 Å². The first-order valence-corrected chi connectivity index (χ1v) is 6.89. The van der Waals surface area contributed by atoms with E-state index in [0.29, 0.717) is 18.1 Å². The van der Waals surface area contributed by atoms with Crippen molar-refractivity contribution in [1.82, 2.24) is 4.90 Å². The van der Waals surface area contributed by atoms with Crippen molar-refractivity contribution in [2.45, 2.75) is 44.6 Å². The molecule has 0 aromatic rings. The van der Waals surface area contributed by atoms with Crippen LogP contribution in [0, 0.1) is 5.41 Å². The molecule has 1 unspecified atom stereocenters. The van der Waals surface area contributed by atoms with Gasteiger partial charge in [0.2, 0.25) is 0 Å². The van der Waals surface area contributed by atoms with Crippen molar-refractivity contribution in [3.05, 3.63) is 0 Å². The summed E-state index contributed by atoms with van der Waals surface area (Å²) >= 11 is 4.46. The molecule has 15 heavy (non-hydrogen) atoms. The SMILES string of the molecule is OCC1CCCCCN1CC1(CS)CC1. The van der Waals surface area contributed by atoms with Crippen LogP contribution in [0.5, 0.6) is 0 Å². The Hall–Kier alpha value is 0.270. The lowest BCUT2D eigenvalue weighted by atomic mass is 10.1. The Morgan fingerprint density at radius 2 is 2.07 bits per heavy atom. The third kappa shape index (κ3) is 2.89. The van der Waals surface area contributed by atoms with Gasteiger partial charge in [-0.2, -0.15) is 12.6 Å². The highest BCUT2D eigenvalue weighted by Crippen LogP contribution is 2.47. The lowest BCUT2D eigenvalue weighted by molar-refractivity contribution is 0.108. The second-order valence-corrected chi connectivity index (χ2v) is 5.63. The number of hydrogen-bond acceptors (Lipinski definition) is 3. The molecule has 1 saturated carbocycles. The summed E-state index contributed by atoms with van der Waals surface area (Å²) in [7, 11) is 0. The van der Waals surface area contributed by atoms with Crippen LogP contribution in [-0.4, -0.2) is 41.5 Å². The fraction of sp³-hybridized carbons (Fsp3) is 1.00. The van der Waals surface area contributed by atoms with Crippen LogP contribution < -0.4 is 0 Å². The van der Waals surface area contributed by atoms with Crippen molar-refractivity contribution in [3.8, 4) is 0 Å². The number of aliphatic hydroxyl groups excluding tert-OH is 1. The van der Waals surface area contributed by atoms with Crippen LogP contribution in [0.2, 0.25) is 0 Å². The van der Waals surface area contributed by atoms with Gasteiger partial charge in [-0.1, -0.05) is 12.8 Å². The highest BCUT2D eigenvalue weighted by molar-refractivity contribution is 7.80. The summed E-state index contributed by atoms with van der Waals surface area (Å²) in [6, 6.07) is 0.421. The average molecular weight is 229 g/mol. The van der Waals surface area contributed by atoms with Crippen LogP contribution in [0.4, 0.5) is 0 Å². The van der Waals surface area contributed by atoms with Gasteiger partial charge in [0.05, 0.1) is 6.61 Å². The van der Waals surface area contributed by atoms with Gasteiger partial charge in [0.15, 0.2) is 0 Å². The normalized spacial score (nSPS) is 31.2. The van der Waals surface area contributed by atoms with Gasteiger partial charge in [0, 0.05) is 12.6 Å². The molecule has 1 aliphatic heterocycles. The summed E-state index contributed by atoms with van der Waals surface area (Å²) in [6.45, 7) is 2.69. The molecule has 2 nitrogen and oxygen atoms in total. The van der Waals surface area contributed by atoms with Crippen LogP contribution in [-0.2, 0) is 0 Å². The van der Waals surface area contributed by atoms with Crippen molar-refractivity contribution in [2.75, 3.05) is 25.4 Å². The van der Waals surface area contributed by atoms with Crippen LogP contribution >= 0.6 is 12.6 Å². The van der Waals surface area contributed by atoms with E-state index < -0.39 is 0 Å². The smallest absolute Gasteiger partial charge is 0.0586 e. The lowest BCUT2D eigenvalue weighted by Crippen LogP contribution is -2.41. The van der Waals surface area contributed by atoms with Gasteiger partial charge < -0.3 is 5.11 Å². The average Bonchev–Trinajstić information content (AvgIpc) is 3.04. The third-order valence-corrected chi connectivity index (χ3v) is 4.71. The molecular weight excluding hydrogens is 206 g/mol. The molecule has 0 amide bonds. The zero-order chi connectivity index (χ0) is 10.7. The van der Waals surface area contributed by atoms with Crippen LogP contribution in [0.15, 0.2) is 0 Å². The van der Waals surface area contributed by atoms with Crippen LogP contribution in [0.1, 0.15) is 38.5 Å². The topological polar surface area (TPSA) is 23.5 Å². The van der Waals surface area contributed by atoms with E-state index >= 15 is 0 Å². The Morgan fingerprint density at radius 1 is 1.27 bits per heavy atom. The fourth-order valence-electron chi connectivity index (χ4n) is 2.63. The minimum absolute atomic E-state index is 0.336. The van der Waals surface area contributed by atoms with Gasteiger partial charge in [-0.25, -0.2) is 0 Å².